The molecule has 1 unspecified atom stereocenters. The Morgan fingerprint density at radius 2 is 1.94 bits per heavy atom. The van der Waals surface area contributed by atoms with Crippen LogP contribution < -0.4 is 10.6 Å². The van der Waals surface area contributed by atoms with E-state index in [0.717, 1.165) is 10.9 Å². The molecule has 1 atom stereocenters. The Balaban J connectivity index is 2.42. The van der Waals surface area contributed by atoms with Crippen molar-refractivity contribution in [1.82, 2.24) is 10.6 Å². The van der Waals surface area contributed by atoms with E-state index >= 15 is 0 Å². The first-order valence-electron chi connectivity index (χ1n) is 6.42. The van der Waals surface area contributed by atoms with Crippen LogP contribution in [-0.2, 0) is 4.79 Å². The Morgan fingerprint density at radius 1 is 1.28 bits per heavy atom. The van der Waals surface area contributed by atoms with E-state index in [1.807, 2.05) is 19.1 Å². The second-order valence-electron chi connectivity index (χ2n) is 4.17. The van der Waals surface area contributed by atoms with Gasteiger partial charge in [-0.2, -0.15) is 0 Å². The summed E-state index contributed by atoms with van der Waals surface area (Å²) in [4.78, 5) is 11.3. The Hall–Kier alpha value is -0.870. The zero-order valence-electron chi connectivity index (χ0n) is 11.0. The molecular formula is C14H21BrN2O. The van der Waals surface area contributed by atoms with Gasteiger partial charge in [0.15, 0.2) is 0 Å². The third kappa shape index (κ3) is 5.19. The van der Waals surface area contributed by atoms with Crippen LogP contribution in [0.2, 0.25) is 0 Å². The molecular weight excluding hydrogens is 292 g/mol. The SMILES string of the molecule is CCNC(=O)CCNC(CC)c1ccc(Br)cc1. The minimum atomic E-state index is 0.107. The van der Waals surface area contributed by atoms with Crippen molar-refractivity contribution in [3.05, 3.63) is 34.3 Å². The van der Waals surface area contributed by atoms with E-state index in [4.69, 9.17) is 0 Å². The van der Waals surface area contributed by atoms with Crippen LogP contribution in [0.15, 0.2) is 28.7 Å². The van der Waals surface area contributed by atoms with Gasteiger partial charge in [0.05, 0.1) is 0 Å². The molecule has 18 heavy (non-hydrogen) atoms. The summed E-state index contributed by atoms with van der Waals surface area (Å²) in [6, 6.07) is 8.62. The number of benzene rings is 1. The molecule has 0 aromatic heterocycles. The lowest BCUT2D eigenvalue weighted by Crippen LogP contribution is -2.29. The molecule has 0 heterocycles. The van der Waals surface area contributed by atoms with Gasteiger partial charge in [-0.15, -0.1) is 0 Å². The van der Waals surface area contributed by atoms with Gasteiger partial charge < -0.3 is 10.6 Å². The van der Waals surface area contributed by atoms with Crippen LogP contribution in [0.25, 0.3) is 0 Å². The molecule has 2 N–H and O–H groups in total. The van der Waals surface area contributed by atoms with Gasteiger partial charge in [-0.05, 0) is 31.0 Å². The van der Waals surface area contributed by atoms with Crippen molar-refractivity contribution in [2.75, 3.05) is 13.1 Å². The van der Waals surface area contributed by atoms with E-state index in [1.165, 1.54) is 5.56 Å². The molecule has 1 rings (SSSR count). The Labute approximate surface area is 117 Å². The van der Waals surface area contributed by atoms with Gasteiger partial charge in [0.2, 0.25) is 5.91 Å². The van der Waals surface area contributed by atoms with Crippen LogP contribution in [-0.4, -0.2) is 19.0 Å². The second-order valence-corrected chi connectivity index (χ2v) is 5.09. The molecule has 3 nitrogen and oxygen atoms in total. The molecule has 0 bridgehead atoms. The largest absolute Gasteiger partial charge is 0.356 e. The summed E-state index contributed by atoms with van der Waals surface area (Å²) in [6.45, 7) is 5.48. The Kier molecular flexibility index (Phi) is 6.98. The van der Waals surface area contributed by atoms with Crippen molar-refractivity contribution in [2.24, 2.45) is 0 Å². The highest BCUT2D eigenvalue weighted by Gasteiger charge is 2.08. The maximum absolute atomic E-state index is 11.3. The summed E-state index contributed by atoms with van der Waals surface area (Å²) in [5, 5.41) is 6.22. The second kappa shape index (κ2) is 8.27. The highest BCUT2D eigenvalue weighted by Crippen LogP contribution is 2.19. The molecule has 0 saturated heterocycles. The molecule has 4 heteroatoms. The fraction of sp³-hybridized carbons (Fsp3) is 0.500. The summed E-state index contributed by atoms with van der Waals surface area (Å²) in [7, 11) is 0. The van der Waals surface area contributed by atoms with E-state index in [9.17, 15) is 4.79 Å². The van der Waals surface area contributed by atoms with E-state index < -0.39 is 0 Å². The lowest BCUT2D eigenvalue weighted by Gasteiger charge is -2.17. The molecule has 1 amide bonds. The van der Waals surface area contributed by atoms with Crippen LogP contribution >= 0.6 is 15.9 Å². The fourth-order valence-electron chi connectivity index (χ4n) is 1.84. The first-order valence-corrected chi connectivity index (χ1v) is 7.22. The number of halogens is 1. The van der Waals surface area contributed by atoms with Gasteiger partial charge in [0, 0.05) is 30.0 Å². The van der Waals surface area contributed by atoms with Crippen LogP contribution in [0.3, 0.4) is 0 Å². The van der Waals surface area contributed by atoms with Gasteiger partial charge in [-0.3, -0.25) is 4.79 Å². The molecule has 100 valence electrons. The van der Waals surface area contributed by atoms with E-state index in [0.29, 0.717) is 25.6 Å². The Bertz CT molecular complexity index is 365. The van der Waals surface area contributed by atoms with Crippen molar-refractivity contribution < 1.29 is 4.79 Å². The standard InChI is InChI=1S/C14H21BrN2O/c1-3-13(11-5-7-12(15)8-6-11)17-10-9-14(18)16-4-2/h5-8,13,17H,3-4,9-10H2,1-2H3,(H,16,18). The quantitative estimate of drug-likeness (QED) is 0.812. The van der Waals surface area contributed by atoms with E-state index in [1.54, 1.807) is 0 Å². The van der Waals surface area contributed by atoms with Crippen LogP contribution in [0.5, 0.6) is 0 Å². The normalized spacial score (nSPS) is 12.2. The third-order valence-corrected chi connectivity index (χ3v) is 3.33. The predicted octanol–water partition coefficient (Wildman–Crippen LogP) is 3.02. The molecule has 0 spiro atoms. The number of rotatable bonds is 7. The topological polar surface area (TPSA) is 41.1 Å². The monoisotopic (exact) mass is 312 g/mol. The first kappa shape index (κ1) is 15.2. The van der Waals surface area contributed by atoms with Gasteiger partial charge in [0.25, 0.3) is 0 Å². The number of hydrogen-bond acceptors (Lipinski definition) is 2. The van der Waals surface area contributed by atoms with E-state index in [-0.39, 0.29) is 5.91 Å². The highest BCUT2D eigenvalue weighted by atomic mass is 79.9. The molecule has 0 aliphatic carbocycles. The van der Waals surface area contributed by atoms with Crippen molar-refractivity contribution in [3.8, 4) is 0 Å². The number of amides is 1. The minimum absolute atomic E-state index is 0.107. The lowest BCUT2D eigenvalue weighted by atomic mass is 10.0. The maximum Gasteiger partial charge on any atom is 0.221 e. The van der Waals surface area contributed by atoms with Crippen LogP contribution in [0.1, 0.15) is 38.3 Å². The fourth-order valence-corrected chi connectivity index (χ4v) is 2.10. The molecule has 0 aliphatic heterocycles. The number of carbonyl (C=O) groups is 1. The molecule has 0 fully saturated rings. The van der Waals surface area contributed by atoms with Gasteiger partial charge in [0.1, 0.15) is 0 Å². The van der Waals surface area contributed by atoms with Crippen LogP contribution in [0, 0.1) is 0 Å². The average molecular weight is 313 g/mol. The molecule has 1 aromatic rings. The predicted molar refractivity (Wildman–Crippen MR) is 78.5 cm³/mol. The Morgan fingerprint density at radius 3 is 2.50 bits per heavy atom. The van der Waals surface area contributed by atoms with Gasteiger partial charge in [-0.25, -0.2) is 0 Å². The summed E-state index contributed by atoms with van der Waals surface area (Å²) < 4.78 is 1.09. The zero-order valence-corrected chi connectivity index (χ0v) is 12.6. The van der Waals surface area contributed by atoms with Crippen molar-refractivity contribution >= 4 is 21.8 Å². The smallest absolute Gasteiger partial charge is 0.221 e. The number of carbonyl (C=O) groups excluding carboxylic acids is 1. The lowest BCUT2D eigenvalue weighted by molar-refractivity contribution is -0.120. The average Bonchev–Trinajstić information content (AvgIpc) is 2.36. The first-order chi connectivity index (χ1) is 8.67. The molecule has 0 aliphatic rings. The number of hydrogen-bond donors (Lipinski definition) is 2. The van der Waals surface area contributed by atoms with Crippen molar-refractivity contribution in [2.45, 2.75) is 32.7 Å². The number of nitrogens with one attached hydrogen (secondary N) is 2. The minimum Gasteiger partial charge on any atom is -0.356 e. The zero-order chi connectivity index (χ0) is 13.4. The van der Waals surface area contributed by atoms with Crippen LogP contribution in [0.4, 0.5) is 0 Å². The van der Waals surface area contributed by atoms with Crippen molar-refractivity contribution in [1.29, 1.82) is 0 Å². The molecule has 0 saturated carbocycles. The summed E-state index contributed by atoms with van der Waals surface area (Å²) in [5.74, 6) is 0.107. The van der Waals surface area contributed by atoms with Gasteiger partial charge in [-0.1, -0.05) is 35.0 Å². The van der Waals surface area contributed by atoms with Gasteiger partial charge >= 0.3 is 0 Å². The van der Waals surface area contributed by atoms with Crippen molar-refractivity contribution in [3.63, 3.8) is 0 Å². The highest BCUT2D eigenvalue weighted by molar-refractivity contribution is 9.10. The third-order valence-electron chi connectivity index (χ3n) is 2.80. The summed E-state index contributed by atoms with van der Waals surface area (Å²) in [5.41, 5.74) is 1.26. The maximum atomic E-state index is 11.3. The summed E-state index contributed by atoms with van der Waals surface area (Å²) in [6.07, 6.45) is 1.54. The summed E-state index contributed by atoms with van der Waals surface area (Å²) >= 11 is 3.43. The van der Waals surface area contributed by atoms with E-state index in [2.05, 4.69) is 45.6 Å². The molecule has 1 aromatic carbocycles. The molecule has 0 radical (unpaired) electrons.